The Labute approximate surface area is 118 Å². The zero-order valence-corrected chi connectivity index (χ0v) is 12.1. The summed E-state index contributed by atoms with van der Waals surface area (Å²) in [6.07, 6.45) is 4.79. The van der Waals surface area contributed by atoms with Gasteiger partial charge in [0, 0.05) is 20.2 Å². The van der Waals surface area contributed by atoms with E-state index in [0.29, 0.717) is 19.8 Å². The van der Waals surface area contributed by atoms with Gasteiger partial charge in [-0.1, -0.05) is 0 Å². The number of rotatable bonds is 6. The molecule has 20 heavy (non-hydrogen) atoms. The van der Waals surface area contributed by atoms with Crippen molar-refractivity contribution in [3.8, 4) is 0 Å². The maximum absolute atomic E-state index is 12.3. The molecular weight excluding hydrogens is 260 g/mol. The van der Waals surface area contributed by atoms with Gasteiger partial charge < -0.3 is 14.4 Å². The third-order valence-corrected chi connectivity index (χ3v) is 3.52. The lowest BCUT2D eigenvalue weighted by Gasteiger charge is -2.34. The van der Waals surface area contributed by atoms with Crippen LogP contribution in [0.4, 0.5) is 0 Å². The molecule has 1 aliphatic heterocycles. The molecule has 0 aromatic carbocycles. The Morgan fingerprint density at radius 2 is 2.35 bits per heavy atom. The Kier molecular flexibility index (Phi) is 5.49. The van der Waals surface area contributed by atoms with Gasteiger partial charge in [-0.25, -0.2) is 9.67 Å². The van der Waals surface area contributed by atoms with Crippen molar-refractivity contribution in [1.82, 2.24) is 19.7 Å². The van der Waals surface area contributed by atoms with E-state index < -0.39 is 6.10 Å². The topological polar surface area (TPSA) is 69.5 Å². The van der Waals surface area contributed by atoms with Gasteiger partial charge in [-0.15, -0.1) is 0 Å². The minimum Gasteiger partial charge on any atom is -0.382 e. The zero-order valence-electron chi connectivity index (χ0n) is 12.1. The van der Waals surface area contributed by atoms with Crippen LogP contribution >= 0.6 is 0 Å². The summed E-state index contributed by atoms with van der Waals surface area (Å²) >= 11 is 0. The molecule has 1 aromatic heterocycles. The summed E-state index contributed by atoms with van der Waals surface area (Å²) in [4.78, 5) is 18.1. The van der Waals surface area contributed by atoms with Gasteiger partial charge in [0.05, 0.1) is 19.3 Å². The molecule has 0 aliphatic carbocycles. The van der Waals surface area contributed by atoms with Crippen LogP contribution in [0.5, 0.6) is 0 Å². The van der Waals surface area contributed by atoms with Gasteiger partial charge in [-0.2, -0.15) is 5.10 Å². The Morgan fingerprint density at radius 3 is 3.05 bits per heavy atom. The monoisotopic (exact) mass is 282 g/mol. The number of piperidine rings is 1. The molecule has 0 spiro atoms. The van der Waals surface area contributed by atoms with Gasteiger partial charge in [-0.3, -0.25) is 4.79 Å². The molecule has 2 unspecified atom stereocenters. The second-order valence-corrected chi connectivity index (χ2v) is 4.96. The normalized spacial score (nSPS) is 20.9. The maximum atomic E-state index is 12.3. The predicted octanol–water partition coefficient (Wildman–Crippen LogP) is 0.493. The van der Waals surface area contributed by atoms with Gasteiger partial charge in [0.1, 0.15) is 18.8 Å². The lowest BCUT2D eigenvalue weighted by molar-refractivity contribution is -0.145. The van der Waals surface area contributed by atoms with Gasteiger partial charge in [-0.05, 0) is 19.8 Å². The molecule has 2 rings (SSSR count). The third kappa shape index (κ3) is 3.77. The summed E-state index contributed by atoms with van der Waals surface area (Å²) in [5.41, 5.74) is 0. The van der Waals surface area contributed by atoms with E-state index in [1.165, 1.54) is 6.33 Å². The van der Waals surface area contributed by atoms with Crippen LogP contribution in [-0.4, -0.2) is 65.1 Å². The molecule has 0 bridgehead atoms. The van der Waals surface area contributed by atoms with Crippen LogP contribution in [0.1, 0.15) is 25.8 Å². The average molecular weight is 282 g/mol. The molecule has 2 heterocycles. The minimum absolute atomic E-state index is 0.0333. The van der Waals surface area contributed by atoms with E-state index in [0.717, 1.165) is 19.4 Å². The molecule has 2 atom stereocenters. The van der Waals surface area contributed by atoms with Crippen LogP contribution in [0, 0.1) is 0 Å². The molecule has 0 saturated carbocycles. The van der Waals surface area contributed by atoms with Crippen LogP contribution in [0.25, 0.3) is 0 Å². The summed E-state index contributed by atoms with van der Waals surface area (Å²) < 4.78 is 12.2. The molecule has 0 radical (unpaired) electrons. The van der Waals surface area contributed by atoms with E-state index in [1.807, 2.05) is 9.58 Å². The maximum Gasteiger partial charge on any atom is 0.251 e. The Balaban J connectivity index is 1.86. The molecule has 1 saturated heterocycles. The lowest BCUT2D eigenvalue weighted by atomic mass is 10.1. The van der Waals surface area contributed by atoms with Crippen molar-refractivity contribution >= 4 is 5.91 Å². The van der Waals surface area contributed by atoms with E-state index in [9.17, 15) is 4.79 Å². The highest BCUT2D eigenvalue weighted by Gasteiger charge is 2.28. The van der Waals surface area contributed by atoms with E-state index in [2.05, 4.69) is 10.1 Å². The van der Waals surface area contributed by atoms with E-state index in [1.54, 1.807) is 20.4 Å². The molecule has 1 aliphatic rings. The number of amides is 1. The van der Waals surface area contributed by atoms with Crippen molar-refractivity contribution in [2.24, 2.45) is 0 Å². The number of likely N-dealkylation sites (tertiary alicyclic amines) is 1. The van der Waals surface area contributed by atoms with Crippen LogP contribution in [0.2, 0.25) is 0 Å². The second kappa shape index (κ2) is 7.35. The molecule has 1 aromatic rings. The smallest absolute Gasteiger partial charge is 0.251 e. The van der Waals surface area contributed by atoms with Gasteiger partial charge in [0.15, 0.2) is 0 Å². The molecule has 1 amide bonds. The zero-order chi connectivity index (χ0) is 14.4. The molecular formula is C13H22N4O3. The van der Waals surface area contributed by atoms with E-state index >= 15 is 0 Å². The van der Waals surface area contributed by atoms with Crippen molar-refractivity contribution in [3.63, 3.8) is 0 Å². The molecule has 1 fully saturated rings. The number of methoxy groups -OCH3 is 1. The fourth-order valence-electron chi connectivity index (χ4n) is 2.41. The Hall–Kier alpha value is -1.47. The average Bonchev–Trinajstić information content (AvgIpc) is 3.01. The van der Waals surface area contributed by atoms with Gasteiger partial charge in [0.2, 0.25) is 0 Å². The Morgan fingerprint density at radius 1 is 1.50 bits per heavy atom. The first-order chi connectivity index (χ1) is 9.72. The fraction of sp³-hybridized carbons (Fsp3) is 0.769. The highest BCUT2D eigenvalue weighted by Crippen LogP contribution is 2.21. The largest absolute Gasteiger partial charge is 0.382 e. The van der Waals surface area contributed by atoms with Crippen LogP contribution in [0.15, 0.2) is 12.7 Å². The molecule has 112 valence electrons. The highest BCUT2D eigenvalue weighted by molar-refractivity contribution is 5.80. The first-order valence-electron chi connectivity index (χ1n) is 6.96. The summed E-state index contributed by atoms with van der Waals surface area (Å²) in [6.45, 7) is 4.17. The van der Waals surface area contributed by atoms with Gasteiger partial charge in [0.25, 0.3) is 5.91 Å². The second-order valence-electron chi connectivity index (χ2n) is 4.96. The van der Waals surface area contributed by atoms with Crippen LogP contribution < -0.4 is 0 Å². The highest BCUT2D eigenvalue weighted by atomic mass is 16.5. The van der Waals surface area contributed by atoms with E-state index in [4.69, 9.17) is 9.47 Å². The quantitative estimate of drug-likeness (QED) is 0.710. The number of hydrogen-bond acceptors (Lipinski definition) is 5. The number of aromatic nitrogens is 3. The van der Waals surface area contributed by atoms with Gasteiger partial charge >= 0.3 is 0 Å². The lowest BCUT2D eigenvalue weighted by Crippen LogP contribution is -2.45. The van der Waals surface area contributed by atoms with E-state index in [-0.39, 0.29) is 11.9 Å². The van der Waals surface area contributed by atoms with Crippen LogP contribution in [0.3, 0.4) is 0 Å². The van der Waals surface area contributed by atoms with Crippen molar-refractivity contribution in [1.29, 1.82) is 0 Å². The van der Waals surface area contributed by atoms with Crippen molar-refractivity contribution in [2.75, 3.05) is 33.4 Å². The Bertz CT molecular complexity index is 410. The number of hydrogen-bond donors (Lipinski definition) is 0. The van der Waals surface area contributed by atoms with Crippen LogP contribution in [-0.2, 0) is 14.3 Å². The standard InChI is InChI=1S/C13H22N4O3/c1-11(20-7-6-19-2)13(18)16-5-3-4-12(8-16)17-10-14-9-15-17/h9-12H,3-8H2,1-2H3. The fourth-order valence-corrected chi connectivity index (χ4v) is 2.41. The summed E-state index contributed by atoms with van der Waals surface area (Å²) in [5.74, 6) is 0.0333. The number of carbonyl (C=O) groups excluding carboxylic acids is 1. The van der Waals surface area contributed by atoms with Crippen molar-refractivity contribution < 1.29 is 14.3 Å². The summed E-state index contributed by atoms with van der Waals surface area (Å²) in [6, 6.07) is 0.210. The molecule has 0 N–H and O–H groups in total. The molecule has 7 nitrogen and oxygen atoms in total. The first kappa shape index (κ1) is 14.9. The third-order valence-electron chi connectivity index (χ3n) is 3.52. The van der Waals surface area contributed by atoms with Crippen molar-refractivity contribution in [2.45, 2.75) is 31.9 Å². The summed E-state index contributed by atoms with van der Waals surface area (Å²) in [7, 11) is 1.61. The SMILES string of the molecule is COCCOC(C)C(=O)N1CCCC(n2cncn2)C1. The van der Waals surface area contributed by atoms with Crippen molar-refractivity contribution in [3.05, 3.63) is 12.7 Å². The first-order valence-corrected chi connectivity index (χ1v) is 6.96. The summed E-state index contributed by atoms with van der Waals surface area (Å²) in [5, 5.41) is 4.16. The number of ether oxygens (including phenoxy) is 2. The minimum atomic E-state index is -0.431. The molecule has 7 heteroatoms. The predicted molar refractivity (Wildman–Crippen MR) is 72.2 cm³/mol. The number of nitrogens with zero attached hydrogens (tertiary/aromatic N) is 4. The number of carbonyl (C=O) groups is 1.